The SMILES string of the molecule is COc1cc(N)ccc1C.COc1cc2nc(C)c(C)c(N3CC(C)(C)c4ccc(N5CCOCC5)cc43)c2cc1C. The maximum Gasteiger partial charge on any atom is 0.123 e. The summed E-state index contributed by atoms with van der Waals surface area (Å²) in [7, 11) is 3.37. The lowest BCUT2D eigenvalue weighted by Crippen LogP contribution is -2.36. The highest BCUT2D eigenvalue weighted by molar-refractivity contribution is 5.98. The van der Waals surface area contributed by atoms with Crippen molar-refractivity contribution in [3.63, 3.8) is 0 Å². The van der Waals surface area contributed by atoms with Gasteiger partial charge < -0.3 is 29.7 Å². The molecule has 0 spiro atoms. The van der Waals surface area contributed by atoms with Crippen LogP contribution in [0.25, 0.3) is 10.9 Å². The Labute approximate surface area is 250 Å². The molecule has 0 saturated carbocycles. The van der Waals surface area contributed by atoms with Crippen molar-refractivity contribution in [3.8, 4) is 11.5 Å². The van der Waals surface area contributed by atoms with Crippen LogP contribution in [0.1, 0.15) is 41.8 Å². The van der Waals surface area contributed by atoms with Gasteiger partial charge in [0.2, 0.25) is 0 Å². The zero-order chi connectivity index (χ0) is 30.2. The van der Waals surface area contributed by atoms with Crippen LogP contribution in [0.15, 0.2) is 48.5 Å². The molecule has 222 valence electrons. The summed E-state index contributed by atoms with van der Waals surface area (Å²) in [5.74, 6) is 1.73. The van der Waals surface area contributed by atoms with Crippen molar-refractivity contribution in [1.82, 2.24) is 4.98 Å². The lowest BCUT2D eigenvalue weighted by molar-refractivity contribution is 0.122. The number of nitrogen functional groups attached to an aromatic ring is 1. The summed E-state index contributed by atoms with van der Waals surface area (Å²) >= 11 is 0. The first-order chi connectivity index (χ1) is 20.0. The number of methoxy groups -OCH3 is 2. The lowest BCUT2D eigenvalue weighted by atomic mass is 9.87. The molecule has 2 aliphatic heterocycles. The number of benzene rings is 3. The zero-order valence-corrected chi connectivity index (χ0v) is 26.3. The van der Waals surface area contributed by atoms with Gasteiger partial charge in [0.15, 0.2) is 0 Å². The molecule has 3 heterocycles. The number of nitrogens with zero attached hydrogens (tertiary/aromatic N) is 3. The highest BCUT2D eigenvalue weighted by atomic mass is 16.5. The van der Waals surface area contributed by atoms with Crippen molar-refractivity contribution < 1.29 is 14.2 Å². The zero-order valence-electron chi connectivity index (χ0n) is 26.3. The van der Waals surface area contributed by atoms with E-state index in [0.29, 0.717) is 0 Å². The molecule has 0 atom stereocenters. The Hall–Kier alpha value is -3.97. The summed E-state index contributed by atoms with van der Waals surface area (Å²) in [5.41, 5.74) is 17.1. The minimum absolute atomic E-state index is 0.0658. The molecule has 7 heteroatoms. The van der Waals surface area contributed by atoms with Crippen molar-refractivity contribution in [1.29, 1.82) is 0 Å². The van der Waals surface area contributed by atoms with E-state index in [9.17, 15) is 0 Å². The fourth-order valence-corrected chi connectivity index (χ4v) is 6.10. The third kappa shape index (κ3) is 5.58. The van der Waals surface area contributed by atoms with Gasteiger partial charge in [0.25, 0.3) is 0 Å². The number of ether oxygens (including phenoxy) is 3. The average molecular weight is 569 g/mol. The van der Waals surface area contributed by atoms with E-state index in [1.54, 1.807) is 14.2 Å². The Kier molecular flexibility index (Phi) is 8.24. The number of aromatic nitrogens is 1. The maximum atomic E-state index is 5.59. The predicted molar refractivity (Wildman–Crippen MR) is 174 cm³/mol. The van der Waals surface area contributed by atoms with Crippen LogP contribution in [0.5, 0.6) is 11.5 Å². The number of aryl methyl sites for hydroxylation is 3. The van der Waals surface area contributed by atoms with E-state index in [2.05, 4.69) is 74.8 Å². The second-order valence-corrected chi connectivity index (χ2v) is 12.0. The Bertz CT molecular complexity index is 1610. The highest BCUT2D eigenvalue weighted by Crippen LogP contribution is 2.49. The average Bonchev–Trinajstić information content (AvgIpc) is 3.25. The number of nitrogens with two attached hydrogens (primary N) is 1. The van der Waals surface area contributed by atoms with E-state index in [4.69, 9.17) is 24.9 Å². The van der Waals surface area contributed by atoms with Gasteiger partial charge in [-0.2, -0.15) is 0 Å². The van der Waals surface area contributed by atoms with Gasteiger partial charge in [-0.15, -0.1) is 0 Å². The van der Waals surface area contributed by atoms with Gasteiger partial charge in [-0.05, 0) is 74.2 Å². The smallest absolute Gasteiger partial charge is 0.123 e. The molecular formula is C35H44N4O3. The molecule has 4 aromatic rings. The molecule has 6 rings (SSSR count). The van der Waals surface area contributed by atoms with E-state index < -0.39 is 0 Å². The van der Waals surface area contributed by atoms with Crippen LogP contribution in [0.4, 0.5) is 22.7 Å². The van der Waals surface area contributed by atoms with Gasteiger partial charge in [0.1, 0.15) is 11.5 Å². The molecule has 2 N–H and O–H groups in total. The monoisotopic (exact) mass is 568 g/mol. The molecule has 0 unspecified atom stereocenters. The van der Waals surface area contributed by atoms with Gasteiger partial charge in [-0.25, -0.2) is 0 Å². The second-order valence-electron chi connectivity index (χ2n) is 12.0. The van der Waals surface area contributed by atoms with E-state index in [1.165, 1.54) is 33.6 Å². The van der Waals surface area contributed by atoms with Crippen LogP contribution in [-0.2, 0) is 10.2 Å². The Morgan fingerprint density at radius 3 is 2.21 bits per heavy atom. The van der Waals surface area contributed by atoms with Gasteiger partial charge >= 0.3 is 0 Å². The van der Waals surface area contributed by atoms with E-state index >= 15 is 0 Å². The van der Waals surface area contributed by atoms with Crippen molar-refractivity contribution in [3.05, 3.63) is 76.5 Å². The van der Waals surface area contributed by atoms with Crippen LogP contribution in [0, 0.1) is 27.7 Å². The summed E-state index contributed by atoms with van der Waals surface area (Å²) in [6, 6.07) is 16.9. The van der Waals surface area contributed by atoms with Crippen molar-refractivity contribution in [2.24, 2.45) is 0 Å². The van der Waals surface area contributed by atoms with Crippen LogP contribution < -0.4 is 25.0 Å². The maximum absolute atomic E-state index is 5.59. The van der Waals surface area contributed by atoms with Crippen molar-refractivity contribution in [2.75, 3.05) is 62.6 Å². The standard InChI is InChI=1S/C27H33N3O2.C8H11NO/c1-17-13-21-23(15-25(17)31-6)28-19(3)18(2)26(21)30-16-27(4,5)22-8-7-20(14-24(22)30)29-9-11-32-12-10-29;1-6-3-4-7(9)5-8(6)10-2/h7-8,13-15H,9-12,16H2,1-6H3;3-5H,9H2,1-2H3. The summed E-state index contributed by atoms with van der Waals surface area (Å²) in [5, 5.41) is 1.19. The fraction of sp³-hybridized carbons (Fsp3) is 0.400. The molecule has 0 radical (unpaired) electrons. The minimum Gasteiger partial charge on any atom is -0.496 e. The number of hydrogen-bond donors (Lipinski definition) is 1. The Balaban J connectivity index is 0.000000300. The molecule has 0 amide bonds. The van der Waals surface area contributed by atoms with Crippen LogP contribution in [0.2, 0.25) is 0 Å². The minimum atomic E-state index is 0.0658. The molecule has 7 nitrogen and oxygen atoms in total. The molecule has 3 aromatic carbocycles. The van der Waals surface area contributed by atoms with Crippen molar-refractivity contribution in [2.45, 2.75) is 47.0 Å². The second kappa shape index (κ2) is 11.7. The molecular weight excluding hydrogens is 524 g/mol. The fourth-order valence-electron chi connectivity index (χ4n) is 6.10. The summed E-state index contributed by atoms with van der Waals surface area (Å²) in [6.45, 7) is 17.5. The van der Waals surface area contributed by atoms with Crippen LogP contribution >= 0.6 is 0 Å². The molecule has 42 heavy (non-hydrogen) atoms. The van der Waals surface area contributed by atoms with E-state index in [-0.39, 0.29) is 5.41 Å². The number of pyridine rings is 1. The molecule has 1 aromatic heterocycles. The highest BCUT2D eigenvalue weighted by Gasteiger charge is 2.37. The van der Waals surface area contributed by atoms with E-state index in [1.807, 2.05) is 25.1 Å². The van der Waals surface area contributed by atoms with E-state index in [0.717, 1.165) is 72.4 Å². The van der Waals surface area contributed by atoms with Gasteiger partial charge in [-0.3, -0.25) is 4.98 Å². The molecule has 0 aliphatic carbocycles. The molecule has 1 saturated heterocycles. The van der Waals surface area contributed by atoms with Crippen LogP contribution in [0.3, 0.4) is 0 Å². The topological polar surface area (TPSA) is 73.1 Å². The molecule has 2 aliphatic rings. The first-order valence-electron chi connectivity index (χ1n) is 14.6. The molecule has 0 bridgehead atoms. The lowest BCUT2D eigenvalue weighted by Gasteiger charge is -2.30. The number of anilines is 4. The van der Waals surface area contributed by atoms with Crippen LogP contribution in [-0.4, -0.2) is 52.1 Å². The third-order valence-corrected chi connectivity index (χ3v) is 8.59. The first-order valence-corrected chi connectivity index (χ1v) is 14.6. The third-order valence-electron chi connectivity index (χ3n) is 8.59. The Morgan fingerprint density at radius 1 is 0.857 bits per heavy atom. The van der Waals surface area contributed by atoms with Gasteiger partial charge in [-0.1, -0.05) is 26.0 Å². The van der Waals surface area contributed by atoms with Gasteiger partial charge in [0, 0.05) is 65.3 Å². The van der Waals surface area contributed by atoms with Crippen molar-refractivity contribution >= 4 is 33.7 Å². The number of morpholine rings is 1. The first kappa shape index (κ1) is 29.5. The summed E-state index contributed by atoms with van der Waals surface area (Å²) in [6.07, 6.45) is 0. The summed E-state index contributed by atoms with van der Waals surface area (Å²) < 4.78 is 16.2. The molecule has 1 fully saturated rings. The van der Waals surface area contributed by atoms with Gasteiger partial charge in [0.05, 0.1) is 38.6 Å². The quantitative estimate of drug-likeness (QED) is 0.265. The summed E-state index contributed by atoms with van der Waals surface area (Å²) in [4.78, 5) is 9.87. The number of rotatable bonds is 4. The largest absolute Gasteiger partial charge is 0.496 e. The Morgan fingerprint density at radius 2 is 1.55 bits per heavy atom. The number of fused-ring (bicyclic) bond motifs is 2. The predicted octanol–water partition coefficient (Wildman–Crippen LogP) is 7.02. The number of hydrogen-bond acceptors (Lipinski definition) is 7. The normalized spacial score (nSPS) is 15.7.